The van der Waals surface area contributed by atoms with Gasteiger partial charge in [0.15, 0.2) is 0 Å². The minimum Gasteiger partial charge on any atom is -0.342 e. The number of likely N-dealkylation sites (tertiary alicyclic amines) is 2. The molecule has 0 bridgehead atoms. The lowest BCUT2D eigenvalue weighted by Gasteiger charge is -2.33. The van der Waals surface area contributed by atoms with Crippen molar-refractivity contribution in [3.05, 3.63) is 0 Å². The van der Waals surface area contributed by atoms with E-state index in [1.807, 2.05) is 18.9 Å². The highest BCUT2D eigenvalue weighted by atomic mass is 16.2. The van der Waals surface area contributed by atoms with E-state index in [0.717, 1.165) is 32.5 Å². The first kappa shape index (κ1) is 14.3. The molecule has 0 saturated carbocycles. The van der Waals surface area contributed by atoms with E-state index in [0.29, 0.717) is 25.4 Å². The number of carbonyl (C=O) groups excluding carboxylic acids is 2. The first-order valence-electron chi connectivity index (χ1n) is 7.36. The first-order valence-corrected chi connectivity index (χ1v) is 7.36. The van der Waals surface area contributed by atoms with Gasteiger partial charge in [-0.05, 0) is 39.3 Å². The van der Waals surface area contributed by atoms with Gasteiger partial charge in [-0.2, -0.15) is 0 Å². The second-order valence-corrected chi connectivity index (χ2v) is 5.66. The highest BCUT2D eigenvalue weighted by Gasteiger charge is 2.36. The number of nitrogens with zero attached hydrogens (tertiary/aromatic N) is 2. The lowest BCUT2D eigenvalue weighted by molar-refractivity contribution is -0.137. The van der Waals surface area contributed by atoms with Crippen LogP contribution in [0.3, 0.4) is 0 Å². The number of piperidine rings is 1. The van der Waals surface area contributed by atoms with E-state index in [1.165, 1.54) is 0 Å². The summed E-state index contributed by atoms with van der Waals surface area (Å²) in [6.07, 6.45) is 2.55. The maximum atomic E-state index is 12.4. The third-order valence-corrected chi connectivity index (χ3v) is 4.36. The standard InChI is InChI=1S/C14H25N3O2/c1-3-16-10-12(8-13(16)18)14(19)17-6-4-11(5-7-17)9-15-2/h11-12,15H,3-10H2,1-2H3. The molecular weight excluding hydrogens is 242 g/mol. The number of hydrogen-bond acceptors (Lipinski definition) is 3. The average molecular weight is 267 g/mol. The van der Waals surface area contributed by atoms with Gasteiger partial charge in [0.2, 0.25) is 11.8 Å². The van der Waals surface area contributed by atoms with Crippen molar-refractivity contribution in [1.29, 1.82) is 0 Å². The van der Waals surface area contributed by atoms with Crippen LogP contribution in [0.5, 0.6) is 0 Å². The maximum Gasteiger partial charge on any atom is 0.227 e. The van der Waals surface area contributed by atoms with E-state index in [2.05, 4.69) is 5.32 Å². The summed E-state index contributed by atoms with van der Waals surface area (Å²) in [6.45, 7) is 6.03. The quantitative estimate of drug-likeness (QED) is 0.798. The fourth-order valence-corrected chi connectivity index (χ4v) is 3.15. The summed E-state index contributed by atoms with van der Waals surface area (Å²) >= 11 is 0. The lowest BCUT2D eigenvalue weighted by atomic mass is 9.95. The minimum atomic E-state index is -0.103. The van der Waals surface area contributed by atoms with Crippen LogP contribution in [-0.4, -0.2) is 61.4 Å². The van der Waals surface area contributed by atoms with Crippen LogP contribution >= 0.6 is 0 Å². The molecule has 2 amide bonds. The Morgan fingerprint density at radius 1 is 1.37 bits per heavy atom. The van der Waals surface area contributed by atoms with Crippen LogP contribution in [0.25, 0.3) is 0 Å². The molecule has 5 heteroatoms. The Morgan fingerprint density at radius 3 is 2.58 bits per heavy atom. The summed E-state index contributed by atoms with van der Waals surface area (Å²) in [7, 11) is 1.97. The molecule has 1 atom stereocenters. The fraction of sp³-hybridized carbons (Fsp3) is 0.857. The summed E-state index contributed by atoms with van der Waals surface area (Å²) < 4.78 is 0. The number of rotatable bonds is 4. The Balaban J connectivity index is 1.83. The molecule has 0 radical (unpaired) electrons. The van der Waals surface area contributed by atoms with Crippen molar-refractivity contribution in [1.82, 2.24) is 15.1 Å². The highest BCUT2D eigenvalue weighted by molar-refractivity contribution is 5.89. The number of carbonyl (C=O) groups is 2. The van der Waals surface area contributed by atoms with Gasteiger partial charge in [-0.1, -0.05) is 0 Å². The summed E-state index contributed by atoms with van der Waals surface area (Å²) in [5.74, 6) is 0.901. The van der Waals surface area contributed by atoms with Gasteiger partial charge >= 0.3 is 0 Å². The normalized spacial score (nSPS) is 25.2. The number of amides is 2. The van der Waals surface area contributed by atoms with Crippen molar-refractivity contribution in [2.45, 2.75) is 26.2 Å². The molecule has 1 N–H and O–H groups in total. The molecule has 1 unspecified atom stereocenters. The van der Waals surface area contributed by atoms with Gasteiger partial charge in [-0.15, -0.1) is 0 Å². The third kappa shape index (κ3) is 3.26. The highest BCUT2D eigenvalue weighted by Crippen LogP contribution is 2.23. The van der Waals surface area contributed by atoms with Crippen LogP contribution in [0.1, 0.15) is 26.2 Å². The van der Waals surface area contributed by atoms with Gasteiger partial charge in [0, 0.05) is 32.6 Å². The Hall–Kier alpha value is -1.10. The molecule has 5 nitrogen and oxygen atoms in total. The van der Waals surface area contributed by atoms with Crippen LogP contribution in [0.2, 0.25) is 0 Å². The lowest BCUT2D eigenvalue weighted by Crippen LogP contribution is -2.43. The van der Waals surface area contributed by atoms with Gasteiger partial charge in [-0.25, -0.2) is 0 Å². The molecule has 0 aromatic carbocycles. The van der Waals surface area contributed by atoms with Crippen LogP contribution in [0, 0.1) is 11.8 Å². The van der Waals surface area contributed by atoms with Crippen molar-refractivity contribution >= 4 is 11.8 Å². The molecule has 0 aromatic heterocycles. The van der Waals surface area contributed by atoms with Gasteiger partial charge in [0.1, 0.15) is 0 Å². The number of hydrogen-bond donors (Lipinski definition) is 1. The maximum absolute atomic E-state index is 12.4. The first-order chi connectivity index (χ1) is 9.15. The molecule has 0 aromatic rings. The van der Waals surface area contributed by atoms with Crippen molar-refractivity contribution < 1.29 is 9.59 Å². The molecule has 19 heavy (non-hydrogen) atoms. The van der Waals surface area contributed by atoms with E-state index in [-0.39, 0.29) is 17.7 Å². The van der Waals surface area contributed by atoms with E-state index < -0.39 is 0 Å². The van der Waals surface area contributed by atoms with Gasteiger partial charge in [0.05, 0.1) is 5.92 Å². The smallest absolute Gasteiger partial charge is 0.227 e. The van der Waals surface area contributed by atoms with Crippen LogP contribution < -0.4 is 5.32 Å². The molecule has 0 aliphatic carbocycles. The van der Waals surface area contributed by atoms with E-state index in [1.54, 1.807) is 4.90 Å². The summed E-state index contributed by atoms with van der Waals surface area (Å²) in [5, 5.41) is 3.20. The second-order valence-electron chi connectivity index (χ2n) is 5.66. The van der Waals surface area contributed by atoms with Crippen molar-refractivity contribution in [3.63, 3.8) is 0 Å². The largest absolute Gasteiger partial charge is 0.342 e. The molecule has 2 aliphatic heterocycles. The van der Waals surface area contributed by atoms with Crippen molar-refractivity contribution in [2.24, 2.45) is 11.8 Å². The predicted octanol–water partition coefficient (Wildman–Crippen LogP) is 0.313. The van der Waals surface area contributed by atoms with Gasteiger partial charge in [-0.3, -0.25) is 9.59 Å². The van der Waals surface area contributed by atoms with Crippen molar-refractivity contribution in [2.75, 3.05) is 39.8 Å². The van der Waals surface area contributed by atoms with Crippen LogP contribution in [0.15, 0.2) is 0 Å². The average Bonchev–Trinajstić information content (AvgIpc) is 2.80. The Morgan fingerprint density at radius 2 is 2.05 bits per heavy atom. The summed E-state index contributed by atoms with van der Waals surface area (Å²) in [4.78, 5) is 27.8. The summed E-state index contributed by atoms with van der Waals surface area (Å²) in [6, 6.07) is 0. The molecule has 0 spiro atoms. The number of nitrogens with one attached hydrogen (secondary N) is 1. The van der Waals surface area contributed by atoms with Crippen LogP contribution in [0.4, 0.5) is 0 Å². The predicted molar refractivity (Wildman–Crippen MR) is 73.6 cm³/mol. The van der Waals surface area contributed by atoms with Gasteiger partial charge in [0.25, 0.3) is 0 Å². The second kappa shape index (κ2) is 6.37. The Labute approximate surface area is 115 Å². The van der Waals surface area contributed by atoms with Gasteiger partial charge < -0.3 is 15.1 Å². The Kier molecular flexibility index (Phi) is 4.80. The Bertz CT molecular complexity index is 338. The molecule has 2 rings (SSSR count). The SMILES string of the molecule is CCN1CC(C(=O)N2CCC(CNC)CC2)CC1=O. The molecule has 2 heterocycles. The topological polar surface area (TPSA) is 52.7 Å². The molecule has 2 fully saturated rings. The zero-order valence-electron chi connectivity index (χ0n) is 12.0. The molecular formula is C14H25N3O2. The summed E-state index contributed by atoms with van der Waals surface area (Å²) in [5.41, 5.74) is 0. The van der Waals surface area contributed by atoms with E-state index in [4.69, 9.17) is 0 Å². The monoisotopic (exact) mass is 267 g/mol. The fourth-order valence-electron chi connectivity index (χ4n) is 3.15. The van der Waals surface area contributed by atoms with Crippen LogP contribution in [-0.2, 0) is 9.59 Å². The third-order valence-electron chi connectivity index (χ3n) is 4.36. The van der Waals surface area contributed by atoms with E-state index >= 15 is 0 Å². The minimum absolute atomic E-state index is 0.103. The molecule has 108 valence electrons. The van der Waals surface area contributed by atoms with E-state index in [9.17, 15) is 9.59 Å². The molecule has 2 aliphatic rings. The van der Waals surface area contributed by atoms with Crippen molar-refractivity contribution in [3.8, 4) is 0 Å². The zero-order valence-corrected chi connectivity index (χ0v) is 12.0. The zero-order chi connectivity index (χ0) is 13.8. The molecule has 2 saturated heterocycles.